The van der Waals surface area contributed by atoms with E-state index >= 15 is 0 Å². The van der Waals surface area contributed by atoms with Crippen LogP contribution in [0.15, 0.2) is 97.1 Å². The van der Waals surface area contributed by atoms with Crippen LogP contribution in [0, 0.1) is 0 Å². The molecule has 0 N–H and O–H groups in total. The summed E-state index contributed by atoms with van der Waals surface area (Å²) < 4.78 is 21.9. The predicted molar refractivity (Wildman–Crippen MR) is 138 cm³/mol. The first-order valence-electron chi connectivity index (χ1n) is 10.7. The molecule has 5 aromatic rings. The summed E-state index contributed by atoms with van der Waals surface area (Å²) in [6.45, 7) is 0. The summed E-state index contributed by atoms with van der Waals surface area (Å²) in [5, 5.41) is 1.89. The van der Waals surface area contributed by atoms with Gasteiger partial charge in [0.25, 0.3) is 0 Å². The molecule has 0 unspecified atom stereocenters. The minimum Gasteiger partial charge on any atom is -0.395 e. The smallest absolute Gasteiger partial charge is 0.395 e. The number of para-hydroxylation sites is 2. The van der Waals surface area contributed by atoms with E-state index in [0.29, 0.717) is 22.3 Å². The number of carbonyl (C=O) groups excluding carboxylic acids is 2. The Labute approximate surface area is 215 Å². The number of fused-ring (bicyclic) bond motifs is 2. The van der Waals surface area contributed by atoms with E-state index in [9.17, 15) is 9.59 Å². The fourth-order valence-corrected chi connectivity index (χ4v) is 4.22. The van der Waals surface area contributed by atoms with Gasteiger partial charge in [-0.25, -0.2) is 9.59 Å². The maximum Gasteiger partial charge on any atom is 0.519 e. The molecule has 0 saturated heterocycles. The minimum absolute atomic E-state index is 0.109. The summed E-state index contributed by atoms with van der Waals surface area (Å²) >= 11 is 13.1. The molecule has 0 spiro atoms. The van der Waals surface area contributed by atoms with Crippen LogP contribution in [0.3, 0.4) is 0 Å². The van der Waals surface area contributed by atoms with E-state index in [2.05, 4.69) is 0 Å². The van der Waals surface area contributed by atoms with Crippen LogP contribution >= 0.6 is 23.2 Å². The summed E-state index contributed by atoms with van der Waals surface area (Å²) in [7, 11) is 0. The van der Waals surface area contributed by atoms with Gasteiger partial charge in [-0.3, -0.25) is 0 Å². The fourth-order valence-electron chi connectivity index (χ4n) is 3.73. The van der Waals surface area contributed by atoms with Gasteiger partial charge < -0.3 is 18.9 Å². The second kappa shape index (κ2) is 10.2. The average Bonchev–Trinajstić information content (AvgIpc) is 2.88. The van der Waals surface area contributed by atoms with Crippen LogP contribution in [0.5, 0.6) is 23.0 Å². The summed E-state index contributed by atoms with van der Waals surface area (Å²) in [4.78, 5) is 25.4. The summed E-state index contributed by atoms with van der Waals surface area (Å²) in [6, 6.07) is 27.0. The van der Waals surface area contributed by atoms with Crippen LogP contribution in [0.25, 0.3) is 21.5 Å². The van der Waals surface area contributed by atoms with Crippen molar-refractivity contribution in [2.24, 2.45) is 0 Å². The van der Waals surface area contributed by atoms with Gasteiger partial charge in [0, 0.05) is 21.5 Å². The Morgan fingerprint density at radius 2 is 0.833 bits per heavy atom. The van der Waals surface area contributed by atoms with Crippen LogP contribution in [0.1, 0.15) is 0 Å². The Balaban J connectivity index is 1.62. The van der Waals surface area contributed by atoms with Crippen molar-refractivity contribution in [3.63, 3.8) is 0 Å². The molecule has 178 valence electrons. The quantitative estimate of drug-likeness (QED) is 0.135. The first-order valence-corrected chi connectivity index (χ1v) is 11.5. The third-order valence-electron chi connectivity index (χ3n) is 5.23. The monoisotopic (exact) mass is 518 g/mol. The van der Waals surface area contributed by atoms with Crippen LogP contribution in [-0.4, -0.2) is 12.3 Å². The summed E-state index contributed by atoms with van der Waals surface area (Å²) in [6.07, 6.45) is -1.94. The van der Waals surface area contributed by atoms with Gasteiger partial charge in [0.15, 0.2) is 11.5 Å². The molecule has 0 aliphatic heterocycles. The average molecular weight is 519 g/mol. The van der Waals surface area contributed by atoms with Gasteiger partial charge >= 0.3 is 12.3 Å². The van der Waals surface area contributed by atoms with Crippen molar-refractivity contribution >= 4 is 57.1 Å². The van der Waals surface area contributed by atoms with E-state index in [1.807, 2.05) is 0 Å². The Kier molecular flexibility index (Phi) is 6.62. The van der Waals surface area contributed by atoms with E-state index in [4.69, 9.17) is 42.1 Å². The van der Waals surface area contributed by atoms with Crippen LogP contribution in [0.2, 0.25) is 10.0 Å². The maximum absolute atomic E-state index is 12.7. The van der Waals surface area contributed by atoms with Crippen molar-refractivity contribution in [3.05, 3.63) is 107 Å². The lowest BCUT2D eigenvalue weighted by Crippen LogP contribution is -2.16. The lowest BCUT2D eigenvalue weighted by Gasteiger charge is -2.17. The highest BCUT2D eigenvalue weighted by atomic mass is 35.5. The third kappa shape index (κ3) is 4.77. The number of rotatable bonds is 4. The van der Waals surface area contributed by atoms with Crippen molar-refractivity contribution in [3.8, 4) is 23.0 Å². The van der Waals surface area contributed by atoms with Gasteiger partial charge in [-0.2, -0.15) is 0 Å². The molecule has 0 heterocycles. The SMILES string of the molecule is O=C(Oc1ccccc1)Oc1c2ccccc2c(OC(=O)Oc2ccccc2)c2c(Cl)ccc(Cl)c12. The zero-order valence-electron chi connectivity index (χ0n) is 18.4. The molecule has 0 bridgehead atoms. The van der Waals surface area contributed by atoms with Crippen LogP contribution in [-0.2, 0) is 0 Å². The Hall–Kier alpha value is -4.26. The van der Waals surface area contributed by atoms with Crippen LogP contribution in [0.4, 0.5) is 9.59 Å². The van der Waals surface area contributed by atoms with Gasteiger partial charge in [0.1, 0.15) is 11.5 Å². The van der Waals surface area contributed by atoms with Gasteiger partial charge in [-0.1, -0.05) is 83.9 Å². The molecular weight excluding hydrogens is 503 g/mol. The first-order chi connectivity index (χ1) is 17.5. The first kappa shape index (κ1) is 23.5. The molecule has 0 saturated carbocycles. The molecule has 0 amide bonds. The summed E-state index contributed by atoms with van der Waals surface area (Å²) in [5.41, 5.74) is 0. The van der Waals surface area contributed by atoms with Crippen molar-refractivity contribution in [2.75, 3.05) is 0 Å². The predicted octanol–water partition coefficient (Wildman–Crippen LogP) is 8.46. The molecule has 0 aromatic heterocycles. The molecule has 5 rings (SSSR count). The number of carbonyl (C=O) groups is 2. The topological polar surface area (TPSA) is 71.1 Å². The lowest BCUT2D eigenvalue weighted by molar-refractivity contribution is 0.151. The second-order valence-corrected chi connectivity index (χ2v) is 8.33. The molecular formula is C28H16Cl2O6. The van der Waals surface area contributed by atoms with E-state index in [-0.39, 0.29) is 32.3 Å². The number of hydrogen-bond donors (Lipinski definition) is 0. The standard InChI is InChI=1S/C28H16Cl2O6/c29-21-15-16-22(30)24-23(21)25(35-27(31)33-17-9-3-1-4-10-17)19-13-7-8-14-20(19)26(24)36-28(32)34-18-11-5-2-6-12-18/h1-16H. The lowest BCUT2D eigenvalue weighted by atomic mass is 10.0. The zero-order chi connectivity index (χ0) is 25.1. The Morgan fingerprint density at radius 1 is 0.472 bits per heavy atom. The Morgan fingerprint density at radius 3 is 1.22 bits per heavy atom. The summed E-state index contributed by atoms with van der Waals surface area (Å²) in [5.74, 6) is 0.836. The molecule has 5 aromatic carbocycles. The number of ether oxygens (including phenoxy) is 4. The zero-order valence-corrected chi connectivity index (χ0v) is 20.0. The van der Waals surface area contributed by atoms with Gasteiger partial charge in [0.2, 0.25) is 0 Å². The molecule has 0 radical (unpaired) electrons. The molecule has 0 fully saturated rings. The van der Waals surface area contributed by atoms with E-state index < -0.39 is 12.3 Å². The number of halogens is 2. The minimum atomic E-state index is -0.971. The third-order valence-corrected chi connectivity index (χ3v) is 5.86. The second-order valence-electron chi connectivity index (χ2n) is 7.52. The van der Waals surface area contributed by atoms with E-state index in [1.54, 1.807) is 97.1 Å². The molecule has 0 aliphatic carbocycles. The number of hydrogen-bond acceptors (Lipinski definition) is 6. The molecule has 6 nitrogen and oxygen atoms in total. The Bertz CT molecular complexity index is 1470. The van der Waals surface area contributed by atoms with Gasteiger partial charge in [-0.05, 0) is 36.4 Å². The van der Waals surface area contributed by atoms with Crippen molar-refractivity contribution < 1.29 is 28.5 Å². The highest BCUT2D eigenvalue weighted by Gasteiger charge is 2.25. The fraction of sp³-hybridized carbons (Fsp3) is 0. The van der Waals surface area contributed by atoms with Gasteiger partial charge in [-0.15, -0.1) is 0 Å². The molecule has 0 aliphatic rings. The molecule has 8 heteroatoms. The van der Waals surface area contributed by atoms with Crippen molar-refractivity contribution in [1.29, 1.82) is 0 Å². The number of benzene rings is 5. The van der Waals surface area contributed by atoms with E-state index in [1.165, 1.54) is 0 Å². The van der Waals surface area contributed by atoms with Crippen LogP contribution < -0.4 is 18.9 Å². The van der Waals surface area contributed by atoms with E-state index in [0.717, 1.165) is 0 Å². The maximum atomic E-state index is 12.7. The highest BCUT2D eigenvalue weighted by molar-refractivity contribution is 6.42. The molecule has 36 heavy (non-hydrogen) atoms. The normalized spacial score (nSPS) is 10.7. The van der Waals surface area contributed by atoms with Crippen molar-refractivity contribution in [2.45, 2.75) is 0 Å². The largest absolute Gasteiger partial charge is 0.519 e. The highest BCUT2D eigenvalue weighted by Crippen LogP contribution is 2.48. The van der Waals surface area contributed by atoms with Gasteiger partial charge in [0.05, 0.1) is 10.0 Å². The van der Waals surface area contributed by atoms with Crippen molar-refractivity contribution in [1.82, 2.24) is 0 Å². The molecule has 0 atom stereocenters.